The molecule has 2 N–H and O–H groups in total. The van der Waals surface area contributed by atoms with Crippen LogP contribution in [0.1, 0.15) is 31.4 Å². The molecular weight excluding hydrogens is 350 g/mol. The van der Waals surface area contributed by atoms with Crippen LogP contribution < -0.4 is 5.73 Å². The molecule has 1 aromatic carbocycles. The summed E-state index contributed by atoms with van der Waals surface area (Å²) >= 11 is 9.92. The lowest BCUT2D eigenvalue weighted by Gasteiger charge is -2.40. The van der Waals surface area contributed by atoms with Crippen LogP contribution in [-0.4, -0.2) is 49.1 Å². The average molecular weight is 375 g/mol. The van der Waals surface area contributed by atoms with E-state index in [2.05, 4.69) is 45.8 Å². The third-order valence-corrected chi connectivity index (χ3v) is 5.45. The van der Waals surface area contributed by atoms with Gasteiger partial charge in [0.15, 0.2) is 0 Å². The number of benzene rings is 1. The fourth-order valence-electron chi connectivity index (χ4n) is 3.18. The summed E-state index contributed by atoms with van der Waals surface area (Å²) in [5.41, 5.74) is 7.18. The van der Waals surface area contributed by atoms with Crippen LogP contribution in [0.15, 0.2) is 22.7 Å². The zero-order valence-corrected chi connectivity index (χ0v) is 15.2. The molecule has 1 heterocycles. The molecule has 3 nitrogen and oxygen atoms in total. The molecule has 5 heteroatoms. The van der Waals surface area contributed by atoms with Crippen molar-refractivity contribution in [3.05, 3.63) is 33.3 Å². The van der Waals surface area contributed by atoms with Crippen molar-refractivity contribution >= 4 is 27.5 Å². The van der Waals surface area contributed by atoms with E-state index in [9.17, 15) is 0 Å². The molecule has 0 aromatic heterocycles. The van der Waals surface area contributed by atoms with Gasteiger partial charge in [0.05, 0.1) is 0 Å². The minimum atomic E-state index is 0.174. The van der Waals surface area contributed by atoms with Crippen molar-refractivity contribution in [1.29, 1.82) is 0 Å². The number of piperidine rings is 1. The smallest absolute Gasteiger partial charge is 0.0485 e. The first kappa shape index (κ1) is 17.2. The van der Waals surface area contributed by atoms with Crippen molar-refractivity contribution < 1.29 is 0 Å². The Bertz CT molecular complexity index is 461. The lowest BCUT2D eigenvalue weighted by molar-refractivity contribution is 0.101. The van der Waals surface area contributed by atoms with Gasteiger partial charge in [-0.15, -0.1) is 0 Å². The fourth-order valence-corrected chi connectivity index (χ4v) is 3.80. The zero-order valence-electron chi connectivity index (χ0n) is 12.9. The Hall–Kier alpha value is -0.130. The monoisotopic (exact) mass is 373 g/mol. The highest BCUT2D eigenvalue weighted by Gasteiger charge is 2.27. The molecule has 0 spiro atoms. The summed E-state index contributed by atoms with van der Waals surface area (Å²) in [6.45, 7) is 6.31. The first-order chi connectivity index (χ1) is 10.1. The summed E-state index contributed by atoms with van der Waals surface area (Å²) in [7, 11) is 2.18. The molecule has 0 amide bonds. The molecule has 118 valence electrons. The van der Waals surface area contributed by atoms with Gasteiger partial charge in [-0.05, 0) is 63.3 Å². The number of likely N-dealkylation sites (tertiary alicyclic amines) is 1. The molecule has 1 unspecified atom stereocenters. The maximum Gasteiger partial charge on any atom is 0.0485 e. The van der Waals surface area contributed by atoms with Crippen LogP contribution in [0.5, 0.6) is 0 Å². The van der Waals surface area contributed by atoms with E-state index in [0.717, 1.165) is 21.6 Å². The summed E-state index contributed by atoms with van der Waals surface area (Å²) < 4.78 is 1.05. The molecule has 2 rings (SSSR count). The minimum Gasteiger partial charge on any atom is -0.329 e. The number of halogens is 2. The fraction of sp³-hybridized carbons (Fsp3) is 0.625. The number of likely N-dealkylation sites (N-methyl/N-ethyl adjacent to an activating group) is 1. The SMILES string of the molecule is CCN1CCC(N(C)C(CN)c2cc(Br)ccc2Cl)CC1. The molecule has 21 heavy (non-hydrogen) atoms. The van der Waals surface area contributed by atoms with Gasteiger partial charge in [-0.1, -0.05) is 34.5 Å². The largest absolute Gasteiger partial charge is 0.329 e. The predicted octanol–water partition coefficient (Wildman–Crippen LogP) is 3.52. The summed E-state index contributed by atoms with van der Waals surface area (Å²) in [6.07, 6.45) is 2.40. The molecule has 1 aliphatic rings. The highest BCUT2D eigenvalue weighted by atomic mass is 79.9. The van der Waals surface area contributed by atoms with Gasteiger partial charge in [-0.2, -0.15) is 0 Å². The number of hydrogen-bond acceptors (Lipinski definition) is 3. The highest BCUT2D eigenvalue weighted by Crippen LogP contribution is 2.31. The molecule has 0 bridgehead atoms. The zero-order chi connectivity index (χ0) is 15.4. The Morgan fingerprint density at radius 3 is 2.67 bits per heavy atom. The highest BCUT2D eigenvalue weighted by molar-refractivity contribution is 9.10. The maximum absolute atomic E-state index is 6.39. The van der Waals surface area contributed by atoms with Crippen molar-refractivity contribution in [1.82, 2.24) is 9.80 Å². The van der Waals surface area contributed by atoms with Crippen LogP contribution in [0.2, 0.25) is 5.02 Å². The van der Waals surface area contributed by atoms with Crippen LogP contribution >= 0.6 is 27.5 Å². The predicted molar refractivity (Wildman–Crippen MR) is 93.8 cm³/mol. The van der Waals surface area contributed by atoms with Crippen LogP contribution in [0, 0.1) is 0 Å². The standard InChI is InChI=1S/C16H25BrClN3/c1-3-21-8-6-13(7-9-21)20(2)16(11-19)14-10-12(17)4-5-15(14)18/h4-5,10,13,16H,3,6-9,11,19H2,1-2H3. The van der Waals surface area contributed by atoms with Gasteiger partial charge in [-0.3, -0.25) is 4.90 Å². The number of hydrogen-bond donors (Lipinski definition) is 1. The summed E-state index contributed by atoms with van der Waals surface area (Å²) in [6, 6.07) is 6.76. The number of rotatable bonds is 5. The van der Waals surface area contributed by atoms with E-state index in [0.29, 0.717) is 12.6 Å². The van der Waals surface area contributed by atoms with Gasteiger partial charge < -0.3 is 10.6 Å². The van der Waals surface area contributed by atoms with Gasteiger partial charge in [0.1, 0.15) is 0 Å². The Labute approximate surface area is 141 Å². The molecule has 0 radical (unpaired) electrons. The Balaban J connectivity index is 2.11. The second kappa shape index (κ2) is 7.93. The molecule has 0 saturated carbocycles. The lowest BCUT2D eigenvalue weighted by Crippen LogP contribution is -2.46. The molecular formula is C16H25BrClN3. The van der Waals surface area contributed by atoms with Crippen LogP contribution in [-0.2, 0) is 0 Å². The second-order valence-corrected chi connectivity index (χ2v) is 7.07. The molecule has 0 aliphatic carbocycles. The van der Waals surface area contributed by atoms with E-state index in [1.807, 2.05) is 12.1 Å². The first-order valence-electron chi connectivity index (χ1n) is 7.66. The topological polar surface area (TPSA) is 32.5 Å². The molecule has 1 aliphatic heterocycles. The normalized spacial score (nSPS) is 19.1. The van der Waals surface area contributed by atoms with Gasteiger partial charge in [0.2, 0.25) is 0 Å². The number of nitrogens with zero attached hydrogens (tertiary/aromatic N) is 2. The Kier molecular flexibility index (Phi) is 6.51. The van der Waals surface area contributed by atoms with Crippen molar-refractivity contribution in [2.45, 2.75) is 31.8 Å². The summed E-state index contributed by atoms with van der Waals surface area (Å²) in [5, 5.41) is 0.798. The van der Waals surface area contributed by atoms with Gasteiger partial charge in [-0.25, -0.2) is 0 Å². The second-order valence-electron chi connectivity index (χ2n) is 5.75. The van der Waals surface area contributed by atoms with Gasteiger partial charge in [0.25, 0.3) is 0 Å². The van der Waals surface area contributed by atoms with E-state index in [1.165, 1.54) is 25.9 Å². The first-order valence-corrected chi connectivity index (χ1v) is 8.83. The summed E-state index contributed by atoms with van der Waals surface area (Å²) in [4.78, 5) is 4.93. The molecule has 1 atom stereocenters. The Morgan fingerprint density at radius 2 is 2.10 bits per heavy atom. The van der Waals surface area contributed by atoms with E-state index in [4.69, 9.17) is 17.3 Å². The van der Waals surface area contributed by atoms with Crippen molar-refractivity contribution in [3.63, 3.8) is 0 Å². The van der Waals surface area contributed by atoms with E-state index in [-0.39, 0.29) is 6.04 Å². The van der Waals surface area contributed by atoms with Crippen molar-refractivity contribution in [2.75, 3.05) is 33.2 Å². The summed E-state index contributed by atoms with van der Waals surface area (Å²) in [5.74, 6) is 0. The Morgan fingerprint density at radius 1 is 1.43 bits per heavy atom. The maximum atomic E-state index is 6.39. The molecule has 1 saturated heterocycles. The van der Waals surface area contributed by atoms with Crippen LogP contribution in [0.4, 0.5) is 0 Å². The average Bonchev–Trinajstić information content (AvgIpc) is 2.51. The number of nitrogens with two attached hydrogens (primary N) is 1. The third kappa shape index (κ3) is 4.20. The lowest BCUT2D eigenvalue weighted by atomic mass is 9.98. The third-order valence-electron chi connectivity index (χ3n) is 4.61. The molecule has 1 aromatic rings. The van der Waals surface area contributed by atoms with Crippen molar-refractivity contribution in [3.8, 4) is 0 Å². The van der Waals surface area contributed by atoms with Gasteiger partial charge in [0, 0.05) is 28.1 Å². The van der Waals surface area contributed by atoms with E-state index >= 15 is 0 Å². The van der Waals surface area contributed by atoms with Crippen molar-refractivity contribution in [2.24, 2.45) is 5.73 Å². The van der Waals surface area contributed by atoms with E-state index in [1.54, 1.807) is 0 Å². The van der Waals surface area contributed by atoms with Crippen LogP contribution in [0.25, 0.3) is 0 Å². The molecule has 1 fully saturated rings. The van der Waals surface area contributed by atoms with E-state index < -0.39 is 0 Å². The van der Waals surface area contributed by atoms with Crippen LogP contribution in [0.3, 0.4) is 0 Å². The van der Waals surface area contributed by atoms with Gasteiger partial charge >= 0.3 is 0 Å². The minimum absolute atomic E-state index is 0.174. The quantitative estimate of drug-likeness (QED) is 0.856.